The lowest BCUT2D eigenvalue weighted by Gasteiger charge is -2.14. The van der Waals surface area contributed by atoms with Crippen molar-refractivity contribution >= 4 is 17.7 Å². The quantitative estimate of drug-likeness (QED) is 0.611. The minimum absolute atomic E-state index is 0.0764. The standard InChI is InChI=1S/C9H11N5O3/c15-9(13-3-1-2-4-13)12-8-10-5-7(6-11-8)14(16)17/h5-6H,1-4H2,(H,10,11,12,15). The summed E-state index contributed by atoms with van der Waals surface area (Å²) in [5.74, 6) is 0.0764. The summed E-state index contributed by atoms with van der Waals surface area (Å²) >= 11 is 0. The van der Waals surface area contributed by atoms with Crippen LogP contribution in [0.5, 0.6) is 0 Å². The van der Waals surface area contributed by atoms with Crippen LogP contribution in [0.4, 0.5) is 16.4 Å². The molecule has 0 unspecified atom stereocenters. The van der Waals surface area contributed by atoms with Crippen molar-refractivity contribution in [3.05, 3.63) is 22.5 Å². The van der Waals surface area contributed by atoms with Crippen LogP contribution < -0.4 is 5.32 Å². The fourth-order valence-corrected chi connectivity index (χ4v) is 1.57. The second-order valence-electron chi connectivity index (χ2n) is 3.65. The van der Waals surface area contributed by atoms with E-state index in [1.54, 1.807) is 4.90 Å². The van der Waals surface area contributed by atoms with Gasteiger partial charge in [0.1, 0.15) is 12.4 Å². The minimum Gasteiger partial charge on any atom is -0.324 e. The Hall–Kier alpha value is -2.25. The van der Waals surface area contributed by atoms with E-state index in [9.17, 15) is 14.9 Å². The zero-order valence-corrected chi connectivity index (χ0v) is 9.00. The van der Waals surface area contributed by atoms with Crippen molar-refractivity contribution in [1.82, 2.24) is 14.9 Å². The van der Waals surface area contributed by atoms with Crippen molar-refractivity contribution in [2.75, 3.05) is 18.4 Å². The fourth-order valence-electron chi connectivity index (χ4n) is 1.57. The number of aromatic nitrogens is 2. The van der Waals surface area contributed by atoms with Crippen LogP contribution in [0.1, 0.15) is 12.8 Å². The van der Waals surface area contributed by atoms with E-state index in [1.165, 1.54) is 0 Å². The first kappa shape index (κ1) is 11.2. The number of carbonyl (C=O) groups excluding carboxylic acids is 1. The maximum atomic E-state index is 11.6. The van der Waals surface area contributed by atoms with E-state index in [1.807, 2.05) is 0 Å². The zero-order chi connectivity index (χ0) is 12.3. The van der Waals surface area contributed by atoms with E-state index >= 15 is 0 Å². The summed E-state index contributed by atoms with van der Waals surface area (Å²) in [4.78, 5) is 30.5. The molecule has 2 rings (SSSR count). The summed E-state index contributed by atoms with van der Waals surface area (Å²) in [6.07, 6.45) is 4.11. The molecule has 1 aliphatic rings. The van der Waals surface area contributed by atoms with Crippen molar-refractivity contribution < 1.29 is 9.72 Å². The molecule has 0 saturated carbocycles. The third-order valence-electron chi connectivity index (χ3n) is 2.46. The molecular weight excluding hydrogens is 226 g/mol. The Bertz CT molecular complexity index is 427. The van der Waals surface area contributed by atoms with Gasteiger partial charge in [-0.25, -0.2) is 14.8 Å². The van der Waals surface area contributed by atoms with Gasteiger partial charge in [-0.2, -0.15) is 0 Å². The smallest absolute Gasteiger partial charge is 0.324 e. The Labute approximate surface area is 96.8 Å². The second kappa shape index (κ2) is 4.73. The summed E-state index contributed by atoms with van der Waals surface area (Å²) < 4.78 is 0. The van der Waals surface area contributed by atoms with Crippen LogP contribution in [-0.2, 0) is 0 Å². The molecule has 1 aromatic heterocycles. The summed E-state index contributed by atoms with van der Waals surface area (Å²) in [5, 5.41) is 12.9. The molecule has 1 aromatic rings. The van der Waals surface area contributed by atoms with Crippen LogP contribution >= 0.6 is 0 Å². The maximum absolute atomic E-state index is 11.6. The Morgan fingerprint density at radius 2 is 1.94 bits per heavy atom. The molecule has 0 spiro atoms. The first-order chi connectivity index (χ1) is 8.16. The number of rotatable bonds is 2. The number of nitro groups is 1. The van der Waals surface area contributed by atoms with E-state index in [2.05, 4.69) is 15.3 Å². The molecule has 0 bridgehead atoms. The van der Waals surface area contributed by atoms with Crippen molar-refractivity contribution in [1.29, 1.82) is 0 Å². The number of anilines is 1. The lowest BCUT2D eigenvalue weighted by molar-refractivity contribution is -0.385. The highest BCUT2D eigenvalue weighted by Gasteiger charge is 2.18. The van der Waals surface area contributed by atoms with E-state index < -0.39 is 4.92 Å². The predicted octanol–water partition coefficient (Wildman–Crippen LogP) is 1.01. The first-order valence-corrected chi connectivity index (χ1v) is 5.19. The van der Waals surface area contributed by atoms with Gasteiger partial charge in [-0.1, -0.05) is 0 Å². The molecule has 2 amide bonds. The third kappa shape index (κ3) is 2.65. The minimum atomic E-state index is -0.591. The van der Waals surface area contributed by atoms with Gasteiger partial charge in [0.05, 0.1) is 4.92 Å². The number of hydrogen-bond donors (Lipinski definition) is 1. The van der Waals surface area contributed by atoms with Gasteiger partial charge in [0, 0.05) is 13.1 Å². The molecule has 1 aliphatic heterocycles. The van der Waals surface area contributed by atoms with Gasteiger partial charge in [0.15, 0.2) is 0 Å². The van der Waals surface area contributed by atoms with E-state index in [0.717, 1.165) is 38.3 Å². The Kier molecular flexibility index (Phi) is 3.12. The van der Waals surface area contributed by atoms with Crippen molar-refractivity contribution in [3.8, 4) is 0 Å². The number of amides is 2. The topological polar surface area (TPSA) is 101 Å². The van der Waals surface area contributed by atoms with Crippen LogP contribution in [0.15, 0.2) is 12.4 Å². The second-order valence-corrected chi connectivity index (χ2v) is 3.65. The number of carbonyl (C=O) groups is 1. The van der Waals surface area contributed by atoms with Crippen molar-refractivity contribution in [3.63, 3.8) is 0 Å². The molecule has 17 heavy (non-hydrogen) atoms. The average Bonchev–Trinajstić information content (AvgIpc) is 2.83. The molecule has 1 fully saturated rings. The zero-order valence-electron chi connectivity index (χ0n) is 9.00. The van der Waals surface area contributed by atoms with E-state index in [-0.39, 0.29) is 17.7 Å². The van der Waals surface area contributed by atoms with Crippen molar-refractivity contribution in [2.45, 2.75) is 12.8 Å². The molecule has 8 heteroatoms. The molecule has 0 aliphatic carbocycles. The Balaban J connectivity index is 1.98. The molecule has 90 valence electrons. The number of nitrogens with zero attached hydrogens (tertiary/aromatic N) is 4. The van der Waals surface area contributed by atoms with Gasteiger partial charge < -0.3 is 4.90 Å². The van der Waals surface area contributed by atoms with E-state index in [4.69, 9.17) is 0 Å². The lowest BCUT2D eigenvalue weighted by Crippen LogP contribution is -2.32. The Morgan fingerprint density at radius 3 is 2.47 bits per heavy atom. The molecular formula is C9H11N5O3. The highest BCUT2D eigenvalue weighted by Crippen LogP contribution is 2.11. The number of hydrogen-bond acceptors (Lipinski definition) is 5. The fraction of sp³-hybridized carbons (Fsp3) is 0.444. The van der Waals surface area contributed by atoms with Crippen LogP contribution in [0, 0.1) is 10.1 Å². The SMILES string of the molecule is O=C(Nc1ncc([N+](=O)[O-])cn1)N1CCCC1. The van der Waals surface area contributed by atoms with Crippen LogP contribution in [0.25, 0.3) is 0 Å². The number of likely N-dealkylation sites (tertiary alicyclic amines) is 1. The molecule has 0 atom stereocenters. The molecule has 1 saturated heterocycles. The molecule has 2 heterocycles. The monoisotopic (exact) mass is 237 g/mol. The average molecular weight is 237 g/mol. The van der Waals surface area contributed by atoms with E-state index in [0.29, 0.717) is 0 Å². The predicted molar refractivity (Wildman–Crippen MR) is 58.5 cm³/mol. The highest BCUT2D eigenvalue weighted by molar-refractivity contribution is 5.87. The van der Waals surface area contributed by atoms with Gasteiger partial charge in [-0.15, -0.1) is 0 Å². The number of urea groups is 1. The molecule has 8 nitrogen and oxygen atoms in total. The van der Waals surface area contributed by atoms with Crippen LogP contribution in [0.2, 0.25) is 0 Å². The van der Waals surface area contributed by atoms with Gasteiger partial charge in [0.25, 0.3) is 0 Å². The largest absolute Gasteiger partial charge is 0.324 e. The molecule has 1 N–H and O–H groups in total. The molecule has 0 radical (unpaired) electrons. The van der Waals surface area contributed by atoms with Gasteiger partial charge in [0.2, 0.25) is 5.95 Å². The van der Waals surface area contributed by atoms with Gasteiger partial charge in [-0.3, -0.25) is 15.4 Å². The maximum Gasteiger partial charge on any atom is 0.324 e. The van der Waals surface area contributed by atoms with Crippen LogP contribution in [0.3, 0.4) is 0 Å². The summed E-state index contributed by atoms with van der Waals surface area (Å²) in [5.41, 5.74) is -0.204. The number of nitrogens with one attached hydrogen (secondary N) is 1. The highest BCUT2D eigenvalue weighted by atomic mass is 16.6. The van der Waals surface area contributed by atoms with Gasteiger partial charge >= 0.3 is 11.7 Å². The normalized spacial score (nSPS) is 14.7. The summed E-state index contributed by atoms with van der Waals surface area (Å²) in [6.45, 7) is 1.44. The molecule has 0 aromatic carbocycles. The Morgan fingerprint density at radius 1 is 1.35 bits per heavy atom. The lowest BCUT2D eigenvalue weighted by atomic mass is 10.4. The third-order valence-corrected chi connectivity index (χ3v) is 2.46. The van der Waals surface area contributed by atoms with Crippen LogP contribution in [-0.4, -0.2) is 38.9 Å². The van der Waals surface area contributed by atoms with Gasteiger partial charge in [-0.05, 0) is 12.8 Å². The first-order valence-electron chi connectivity index (χ1n) is 5.19. The summed E-state index contributed by atoms with van der Waals surface area (Å²) in [7, 11) is 0. The summed E-state index contributed by atoms with van der Waals surface area (Å²) in [6, 6.07) is -0.267. The van der Waals surface area contributed by atoms with Crippen molar-refractivity contribution in [2.24, 2.45) is 0 Å².